The number of benzene rings is 3. The third-order valence-electron chi connectivity index (χ3n) is 5.79. The van der Waals surface area contributed by atoms with E-state index in [0.29, 0.717) is 6.61 Å². The van der Waals surface area contributed by atoms with Gasteiger partial charge in [-0.15, -0.1) is 0 Å². The minimum absolute atomic E-state index is 0.604. The van der Waals surface area contributed by atoms with Gasteiger partial charge in [0.15, 0.2) is 0 Å². The Bertz CT molecular complexity index is 902. The van der Waals surface area contributed by atoms with Gasteiger partial charge in [0.05, 0.1) is 0 Å². The Morgan fingerprint density at radius 1 is 0.871 bits per heavy atom. The van der Waals surface area contributed by atoms with Crippen LogP contribution in [-0.2, 0) is 19.4 Å². The van der Waals surface area contributed by atoms with Crippen LogP contribution in [0.4, 0.5) is 0 Å². The van der Waals surface area contributed by atoms with Gasteiger partial charge in [-0.3, -0.25) is 0 Å². The molecular formula is C29H37NO. The van der Waals surface area contributed by atoms with E-state index in [0.717, 1.165) is 31.1 Å². The summed E-state index contributed by atoms with van der Waals surface area (Å²) in [6, 6.07) is 25.7. The maximum Gasteiger partial charge on any atom is 0.120 e. The molecule has 31 heavy (non-hydrogen) atoms. The summed E-state index contributed by atoms with van der Waals surface area (Å²) in [5, 5.41) is 0. The average molecular weight is 416 g/mol. The Morgan fingerprint density at radius 3 is 2.29 bits per heavy atom. The van der Waals surface area contributed by atoms with Crippen molar-refractivity contribution < 1.29 is 4.74 Å². The number of aryl methyl sites for hydroxylation is 1. The summed E-state index contributed by atoms with van der Waals surface area (Å²) < 4.78 is 6.08. The van der Waals surface area contributed by atoms with Gasteiger partial charge >= 0.3 is 0 Å². The number of hydrogen-bond donors (Lipinski definition) is 1. The zero-order valence-corrected chi connectivity index (χ0v) is 19.1. The van der Waals surface area contributed by atoms with E-state index < -0.39 is 0 Å². The first-order valence-electron chi connectivity index (χ1n) is 11.8. The van der Waals surface area contributed by atoms with Crippen LogP contribution in [0.2, 0.25) is 0 Å². The SMILES string of the molecule is CCC.NCCCC1CCc2cc(OCc3ccc(-c4ccccc4)cc3)ccc2C1. The fourth-order valence-corrected chi connectivity index (χ4v) is 4.14. The van der Waals surface area contributed by atoms with Crippen molar-refractivity contribution in [2.24, 2.45) is 11.7 Å². The second kappa shape index (κ2) is 12.3. The maximum atomic E-state index is 6.08. The second-order valence-corrected chi connectivity index (χ2v) is 8.53. The van der Waals surface area contributed by atoms with Crippen molar-refractivity contribution in [1.82, 2.24) is 0 Å². The first-order chi connectivity index (χ1) is 15.2. The molecule has 0 radical (unpaired) electrons. The molecule has 1 aliphatic carbocycles. The first kappa shape index (κ1) is 23.1. The molecule has 1 unspecified atom stereocenters. The Kier molecular flexibility index (Phi) is 9.17. The minimum atomic E-state index is 0.604. The van der Waals surface area contributed by atoms with E-state index in [-0.39, 0.29) is 0 Å². The molecule has 1 aliphatic rings. The number of fused-ring (bicyclic) bond motifs is 1. The molecule has 0 aromatic heterocycles. The van der Waals surface area contributed by atoms with Crippen molar-refractivity contribution in [3.8, 4) is 16.9 Å². The van der Waals surface area contributed by atoms with Gasteiger partial charge in [0.2, 0.25) is 0 Å². The molecule has 3 aromatic carbocycles. The van der Waals surface area contributed by atoms with Gasteiger partial charge in [0.1, 0.15) is 12.4 Å². The Balaban J connectivity index is 0.000000858. The summed E-state index contributed by atoms with van der Waals surface area (Å²) in [6.45, 7) is 5.66. The van der Waals surface area contributed by atoms with Gasteiger partial charge < -0.3 is 10.5 Å². The van der Waals surface area contributed by atoms with Crippen molar-refractivity contribution in [1.29, 1.82) is 0 Å². The number of nitrogens with two attached hydrogens (primary N) is 1. The molecule has 4 rings (SSSR count). The van der Waals surface area contributed by atoms with E-state index in [1.165, 1.54) is 53.5 Å². The lowest BCUT2D eigenvalue weighted by Crippen LogP contribution is -2.15. The van der Waals surface area contributed by atoms with E-state index in [1.807, 2.05) is 6.07 Å². The minimum Gasteiger partial charge on any atom is -0.489 e. The van der Waals surface area contributed by atoms with E-state index in [1.54, 1.807) is 0 Å². The Morgan fingerprint density at radius 2 is 1.58 bits per heavy atom. The normalized spacial score (nSPS) is 14.9. The molecule has 164 valence electrons. The van der Waals surface area contributed by atoms with Crippen LogP contribution in [0.1, 0.15) is 56.2 Å². The molecule has 2 heteroatoms. The van der Waals surface area contributed by atoms with Crippen LogP contribution >= 0.6 is 0 Å². The van der Waals surface area contributed by atoms with Crippen molar-refractivity contribution >= 4 is 0 Å². The van der Waals surface area contributed by atoms with E-state index >= 15 is 0 Å². The van der Waals surface area contributed by atoms with Crippen LogP contribution in [-0.4, -0.2) is 6.54 Å². The Hall–Kier alpha value is -2.58. The highest BCUT2D eigenvalue weighted by Crippen LogP contribution is 2.31. The van der Waals surface area contributed by atoms with Gasteiger partial charge in [-0.1, -0.05) is 80.9 Å². The maximum absolute atomic E-state index is 6.08. The van der Waals surface area contributed by atoms with Gasteiger partial charge in [-0.05, 0) is 84.5 Å². The van der Waals surface area contributed by atoms with Crippen LogP contribution < -0.4 is 10.5 Å². The Labute approximate surface area is 188 Å². The van der Waals surface area contributed by atoms with Gasteiger partial charge in [-0.25, -0.2) is 0 Å². The molecule has 3 aromatic rings. The van der Waals surface area contributed by atoms with Gasteiger partial charge in [0.25, 0.3) is 0 Å². The molecule has 0 fully saturated rings. The van der Waals surface area contributed by atoms with E-state index in [2.05, 4.69) is 80.6 Å². The molecule has 0 bridgehead atoms. The summed E-state index contributed by atoms with van der Waals surface area (Å²) in [6.07, 6.45) is 7.28. The molecule has 0 saturated heterocycles. The summed E-state index contributed by atoms with van der Waals surface area (Å²) in [4.78, 5) is 0. The third kappa shape index (κ3) is 6.97. The zero-order chi connectivity index (χ0) is 21.9. The van der Waals surface area contributed by atoms with Crippen molar-refractivity contribution in [3.05, 3.63) is 89.5 Å². The standard InChI is InChI=1S/C26H29NO.C3H8/c27-16-4-5-20-8-13-25-18-26(15-14-24(25)17-20)28-19-21-9-11-23(12-10-21)22-6-2-1-3-7-22;1-3-2/h1-3,6-7,9-12,14-15,18,20H,4-5,8,13,16-17,19,27H2;3H2,1-2H3. The number of hydrogen-bond acceptors (Lipinski definition) is 2. The third-order valence-corrected chi connectivity index (χ3v) is 5.79. The highest BCUT2D eigenvalue weighted by atomic mass is 16.5. The summed E-state index contributed by atoms with van der Waals surface area (Å²) in [7, 11) is 0. The fourth-order valence-electron chi connectivity index (χ4n) is 4.14. The van der Waals surface area contributed by atoms with Crippen LogP contribution in [0, 0.1) is 5.92 Å². The molecule has 2 nitrogen and oxygen atoms in total. The molecule has 0 aliphatic heterocycles. The molecule has 1 atom stereocenters. The largest absolute Gasteiger partial charge is 0.489 e. The van der Waals surface area contributed by atoms with Crippen LogP contribution in [0.15, 0.2) is 72.8 Å². The molecule has 0 saturated carbocycles. The summed E-state index contributed by atoms with van der Waals surface area (Å²) >= 11 is 0. The summed E-state index contributed by atoms with van der Waals surface area (Å²) in [5.74, 6) is 1.78. The quantitative estimate of drug-likeness (QED) is 0.443. The topological polar surface area (TPSA) is 35.2 Å². The van der Waals surface area contributed by atoms with Gasteiger partial charge in [-0.2, -0.15) is 0 Å². The van der Waals surface area contributed by atoms with Crippen LogP contribution in [0.25, 0.3) is 11.1 Å². The monoisotopic (exact) mass is 415 g/mol. The van der Waals surface area contributed by atoms with Crippen molar-refractivity contribution in [2.45, 2.75) is 59.0 Å². The number of rotatable bonds is 7. The lowest BCUT2D eigenvalue weighted by Gasteiger charge is -2.25. The fraction of sp³-hybridized carbons (Fsp3) is 0.379. The predicted octanol–water partition coefficient (Wildman–Crippen LogP) is 7.19. The highest BCUT2D eigenvalue weighted by molar-refractivity contribution is 5.63. The molecule has 0 heterocycles. The zero-order valence-electron chi connectivity index (χ0n) is 19.1. The predicted molar refractivity (Wildman–Crippen MR) is 132 cm³/mol. The van der Waals surface area contributed by atoms with Gasteiger partial charge in [0, 0.05) is 0 Å². The first-order valence-corrected chi connectivity index (χ1v) is 11.8. The lowest BCUT2D eigenvalue weighted by molar-refractivity contribution is 0.305. The molecular weight excluding hydrogens is 378 g/mol. The molecule has 0 amide bonds. The number of ether oxygens (including phenoxy) is 1. The van der Waals surface area contributed by atoms with Crippen molar-refractivity contribution in [3.63, 3.8) is 0 Å². The van der Waals surface area contributed by atoms with Crippen LogP contribution in [0.5, 0.6) is 5.75 Å². The molecule has 2 N–H and O–H groups in total. The second-order valence-electron chi connectivity index (χ2n) is 8.53. The van der Waals surface area contributed by atoms with E-state index in [4.69, 9.17) is 10.5 Å². The highest BCUT2D eigenvalue weighted by Gasteiger charge is 2.18. The lowest BCUT2D eigenvalue weighted by atomic mass is 9.81. The van der Waals surface area contributed by atoms with Crippen molar-refractivity contribution in [2.75, 3.05) is 6.54 Å². The van der Waals surface area contributed by atoms with E-state index in [9.17, 15) is 0 Å². The summed E-state index contributed by atoms with van der Waals surface area (Å²) in [5.41, 5.74) is 12.3. The molecule has 0 spiro atoms. The smallest absolute Gasteiger partial charge is 0.120 e. The average Bonchev–Trinajstić information content (AvgIpc) is 2.82. The van der Waals surface area contributed by atoms with Crippen LogP contribution in [0.3, 0.4) is 0 Å².